The Hall–Kier alpha value is -2.96. The summed E-state index contributed by atoms with van der Waals surface area (Å²) < 4.78 is 0. The first-order chi connectivity index (χ1) is 13.5. The van der Waals surface area contributed by atoms with Crippen LogP contribution in [0.3, 0.4) is 0 Å². The Labute approximate surface area is 171 Å². The molecule has 6 nitrogen and oxygen atoms in total. The fourth-order valence-electron chi connectivity index (χ4n) is 2.48. The molecule has 0 radical (unpaired) electrons. The van der Waals surface area contributed by atoms with Gasteiger partial charge >= 0.3 is 0 Å². The average Bonchev–Trinajstić information content (AvgIpc) is 2.73. The van der Waals surface area contributed by atoms with Crippen molar-refractivity contribution in [2.75, 3.05) is 0 Å². The molecule has 0 aliphatic rings. The number of nitrogens with zero attached hydrogens (tertiary/aromatic N) is 2. The topological polar surface area (TPSA) is 84.0 Å². The van der Waals surface area contributed by atoms with E-state index in [4.69, 9.17) is 23.2 Å². The number of halogens is 2. The van der Waals surface area contributed by atoms with Gasteiger partial charge in [-0.2, -0.15) is 0 Å². The molecule has 1 aromatic carbocycles. The molecule has 2 heterocycles. The summed E-state index contributed by atoms with van der Waals surface area (Å²) in [7, 11) is 0. The zero-order valence-corrected chi connectivity index (χ0v) is 16.2. The lowest BCUT2D eigenvalue weighted by Crippen LogP contribution is -2.29. The van der Waals surface area contributed by atoms with Crippen LogP contribution in [0.4, 0.5) is 0 Å². The zero-order chi connectivity index (χ0) is 19.9. The van der Waals surface area contributed by atoms with Crippen LogP contribution in [-0.4, -0.2) is 21.8 Å². The van der Waals surface area contributed by atoms with E-state index in [1.807, 2.05) is 12.1 Å². The molecule has 3 rings (SSSR count). The van der Waals surface area contributed by atoms with E-state index in [0.29, 0.717) is 0 Å². The highest BCUT2D eigenvalue weighted by molar-refractivity contribution is 6.42. The highest BCUT2D eigenvalue weighted by Gasteiger charge is 2.19. The molecule has 8 heteroatoms. The smallest absolute Gasteiger partial charge is 0.252 e. The second kappa shape index (κ2) is 9.30. The van der Waals surface area contributed by atoms with Crippen LogP contribution in [-0.2, 0) is 13.1 Å². The van der Waals surface area contributed by atoms with Crippen molar-refractivity contribution in [1.82, 2.24) is 20.6 Å². The number of hydrogen-bond acceptors (Lipinski definition) is 4. The van der Waals surface area contributed by atoms with Crippen molar-refractivity contribution < 1.29 is 9.59 Å². The molecule has 142 valence electrons. The highest BCUT2D eigenvalue weighted by Crippen LogP contribution is 2.26. The molecular weight excluding hydrogens is 399 g/mol. The highest BCUT2D eigenvalue weighted by atomic mass is 35.5. The summed E-state index contributed by atoms with van der Waals surface area (Å²) >= 11 is 12.1. The first-order valence-corrected chi connectivity index (χ1v) is 9.13. The number of aromatic nitrogens is 2. The van der Waals surface area contributed by atoms with Crippen LogP contribution in [0.2, 0.25) is 10.0 Å². The predicted octanol–water partition coefficient (Wildman–Crippen LogP) is 3.64. The largest absolute Gasteiger partial charge is 0.348 e. The van der Waals surface area contributed by atoms with E-state index < -0.39 is 11.8 Å². The SMILES string of the molecule is O=C(NCc1cccnc1)c1cc(Cl)c(Cl)cc1C(=O)NCc1cccnc1. The lowest BCUT2D eigenvalue weighted by Gasteiger charge is -2.12. The molecule has 3 aromatic rings. The summed E-state index contributed by atoms with van der Waals surface area (Å²) in [6.07, 6.45) is 6.59. The third kappa shape index (κ3) is 5.06. The number of carbonyl (C=O) groups is 2. The molecule has 28 heavy (non-hydrogen) atoms. The second-order valence-corrected chi connectivity index (χ2v) is 6.71. The number of hydrogen-bond donors (Lipinski definition) is 2. The monoisotopic (exact) mass is 414 g/mol. The van der Waals surface area contributed by atoms with Crippen LogP contribution in [0.15, 0.2) is 61.2 Å². The summed E-state index contributed by atoms with van der Waals surface area (Å²) in [5, 5.41) is 5.90. The zero-order valence-electron chi connectivity index (χ0n) is 14.7. The molecule has 0 aliphatic carbocycles. The van der Waals surface area contributed by atoms with E-state index >= 15 is 0 Å². The van der Waals surface area contributed by atoms with Gasteiger partial charge in [0.05, 0.1) is 21.2 Å². The molecule has 2 N–H and O–H groups in total. The van der Waals surface area contributed by atoms with Crippen molar-refractivity contribution in [2.24, 2.45) is 0 Å². The summed E-state index contributed by atoms with van der Waals surface area (Å²) in [6.45, 7) is 0.535. The summed E-state index contributed by atoms with van der Waals surface area (Å²) in [6, 6.07) is 10.0. The molecular formula is C20H16Cl2N4O2. The van der Waals surface area contributed by atoms with Crippen molar-refractivity contribution >= 4 is 35.0 Å². The second-order valence-electron chi connectivity index (χ2n) is 5.90. The standard InChI is InChI=1S/C20H16Cl2N4O2/c21-17-7-15(19(27)25-11-13-3-1-5-23-9-13)16(8-18(17)22)20(28)26-12-14-4-2-6-24-10-14/h1-10H,11-12H2,(H,25,27)(H,26,28). The van der Waals surface area contributed by atoms with Gasteiger partial charge in [-0.05, 0) is 35.4 Å². The molecule has 0 atom stereocenters. The molecule has 2 aromatic heterocycles. The summed E-state index contributed by atoms with van der Waals surface area (Å²) in [4.78, 5) is 33.3. The lowest BCUT2D eigenvalue weighted by molar-refractivity contribution is 0.0916. The number of benzene rings is 1. The van der Waals surface area contributed by atoms with E-state index in [1.54, 1.807) is 36.9 Å². The van der Waals surface area contributed by atoms with Gasteiger partial charge in [-0.25, -0.2) is 0 Å². The van der Waals surface area contributed by atoms with Crippen LogP contribution in [0.25, 0.3) is 0 Å². The normalized spacial score (nSPS) is 10.4. The number of pyridine rings is 2. The van der Waals surface area contributed by atoms with E-state index in [0.717, 1.165) is 11.1 Å². The van der Waals surface area contributed by atoms with Gasteiger partial charge in [-0.15, -0.1) is 0 Å². The Balaban J connectivity index is 1.77. The summed E-state index contributed by atoms with van der Waals surface area (Å²) in [5.41, 5.74) is 1.95. The molecule has 0 saturated heterocycles. The van der Waals surface area contributed by atoms with E-state index in [1.165, 1.54) is 12.1 Å². The molecule has 0 fully saturated rings. The van der Waals surface area contributed by atoms with Crippen molar-refractivity contribution in [3.8, 4) is 0 Å². The van der Waals surface area contributed by atoms with E-state index in [2.05, 4.69) is 20.6 Å². The van der Waals surface area contributed by atoms with Crippen molar-refractivity contribution in [1.29, 1.82) is 0 Å². The van der Waals surface area contributed by atoms with Crippen LogP contribution in [0, 0.1) is 0 Å². The van der Waals surface area contributed by atoms with Gasteiger partial charge in [0, 0.05) is 37.9 Å². The third-order valence-corrected chi connectivity index (χ3v) is 4.62. The Kier molecular flexibility index (Phi) is 6.57. The van der Waals surface area contributed by atoms with Gasteiger partial charge in [0.15, 0.2) is 0 Å². The fourth-order valence-corrected chi connectivity index (χ4v) is 2.81. The minimum atomic E-state index is -0.436. The molecule has 0 spiro atoms. The van der Waals surface area contributed by atoms with Crippen molar-refractivity contribution in [3.05, 3.63) is 93.5 Å². The number of carbonyl (C=O) groups excluding carboxylic acids is 2. The molecule has 0 bridgehead atoms. The Bertz CT molecular complexity index is 902. The van der Waals surface area contributed by atoms with Gasteiger partial charge in [0.1, 0.15) is 0 Å². The average molecular weight is 415 g/mol. The number of rotatable bonds is 6. The maximum absolute atomic E-state index is 12.7. The van der Waals surface area contributed by atoms with Crippen LogP contribution in [0.5, 0.6) is 0 Å². The van der Waals surface area contributed by atoms with E-state index in [-0.39, 0.29) is 34.3 Å². The van der Waals surface area contributed by atoms with Crippen molar-refractivity contribution in [3.63, 3.8) is 0 Å². The molecule has 0 saturated carbocycles. The van der Waals surface area contributed by atoms with Gasteiger partial charge in [0.25, 0.3) is 11.8 Å². The number of amides is 2. The lowest BCUT2D eigenvalue weighted by atomic mass is 10.1. The Morgan fingerprint density at radius 1 is 0.786 bits per heavy atom. The minimum absolute atomic E-state index is 0.141. The maximum atomic E-state index is 12.7. The van der Waals surface area contributed by atoms with Gasteiger partial charge in [0.2, 0.25) is 0 Å². The molecule has 0 aliphatic heterocycles. The van der Waals surface area contributed by atoms with Crippen LogP contribution in [0.1, 0.15) is 31.8 Å². The van der Waals surface area contributed by atoms with Gasteiger partial charge < -0.3 is 10.6 Å². The maximum Gasteiger partial charge on any atom is 0.252 e. The van der Waals surface area contributed by atoms with E-state index in [9.17, 15) is 9.59 Å². The minimum Gasteiger partial charge on any atom is -0.348 e. The summed E-state index contributed by atoms with van der Waals surface area (Å²) in [5.74, 6) is -0.872. The van der Waals surface area contributed by atoms with Crippen LogP contribution < -0.4 is 10.6 Å². The Morgan fingerprint density at radius 2 is 1.21 bits per heavy atom. The first kappa shape index (κ1) is 19.8. The predicted molar refractivity (Wildman–Crippen MR) is 107 cm³/mol. The number of nitrogens with one attached hydrogen (secondary N) is 2. The first-order valence-electron chi connectivity index (χ1n) is 8.38. The Morgan fingerprint density at radius 3 is 1.57 bits per heavy atom. The quantitative estimate of drug-likeness (QED) is 0.644. The van der Waals surface area contributed by atoms with Crippen molar-refractivity contribution in [2.45, 2.75) is 13.1 Å². The molecule has 0 unspecified atom stereocenters. The van der Waals surface area contributed by atoms with Gasteiger partial charge in [-0.1, -0.05) is 35.3 Å². The van der Waals surface area contributed by atoms with Crippen LogP contribution >= 0.6 is 23.2 Å². The van der Waals surface area contributed by atoms with Gasteiger partial charge in [-0.3, -0.25) is 19.6 Å². The molecule has 2 amide bonds. The third-order valence-electron chi connectivity index (χ3n) is 3.90. The fraction of sp³-hybridized carbons (Fsp3) is 0.100.